The van der Waals surface area contributed by atoms with Crippen molar-refractivity contribution < 1.29 is 19.4 Å². The van der Waals surface area contributed by atoms with E-state index in [1.54, 1.807) is 24.3 Å². The molecule has 0 radical (unpaired) electrons. The molecular formula is C26H29N5O4. The number of hydrogen-bond donors (Lipinski definition) is 2. The molecule has 0 spiro atoms. The van der Waals surface area contributed by atoms with Gasteiger partial charge < -0.3 is 19.9 Å². The van der Waals surface area contributed by atoms with E-state index in [1.165, 1.54) is 0 Å². The largest absolute Gasteiger partial charge is 0.494 e. The van der Waals surface area contributed by atoms with Crippen molar-refractivity contribution in [3.05, 3.63) is 101 Å². The quantitative estimate of drug-likeness (QED) is 0.146. The fourth-order valence-electron chi connectivity index (χ4n) is 3.87. The van der Waals surface area contributed by atoms with Gasteiger partial charge in [0.15, 0.2) is 11.6 Å². The summed E-state index contributed by atoms with van der Waals surface area (Å²) in [7, 11) is 0. The van der Waals surface area contributed by atoms with Crippen molar-refractivity contribution in [2.24, 2.45) is 10.1 Å². The fraction of sp³-hybridized carbons (Fsp3) is 0.308. The number of nitrogens with one attached hydrogen (secondary N) is 1. The number of carbonyl (C=O) groups is 1. The molecular weight excluding hydrogens is 446 g/mol. The molecule has 0 fully saturated rings. The number of aliphatic hydroxyl groups excluding tert-OH is 1. The summed E-state index contributed by atoms with van der Waals surface area (Å²) >= 11 is 0. The molecule has 9 heteroatoms. The lowest BCUT2D eigenvalue weighted by molar-refractivity contribution is -0.128. The highest BCUT2D eigenvalue weighted by atomic mass is 16.5. The monoisotopic (exact) mass is 475 g/mol. The van der Waals surface area contributed by atoms with Crippen molar-refractivity contribution >= 4 is 11.8 Å². The molecule has 2 N–H and O–H groups in total. The van der Waals surface area contributed by atoms with Crippen molar-refractivity contribution in [1.29, 1.82) is 0 Å². The molecule has 2 aromatic rings. The minimum Gasteiger partial charge on any atom is -0.494 e. The van der Waals surface area contributed by atoms with Crippen LogP contribution in [0.25, 0.3) is 10.4 Å². The van der Waals surface area contributed by atoms with E-state index >= 15 is 0 Å². The standard InChI is InChI=1S/C26H29N5O4/c1-3-14-26(25(33)28-15-4-2)23(22-9-6-5-8-20(22)18-29-31-27)35-24(30-26)19-10-12-21(13-11-19)34-17-7-16-32/h3-6,8-13,23,32H,1-2,7,14-18H2,(H,28,33)/t23-,26-/m1/s1. The number of aliphatic imine (C=N–C) groups is 1. The van der Waals surface area contributed by atoms with Crippen LogP contribution in [-0.4, -0.2) is 42.2 Å². The van der Waals surface area contributed by atoms with Crippen molar-refractivity contribution in [3.63, 3.8) is 0 Å². The molecule has 0 saturated carbocycles. The maximum Gasteiger partial charge on any atom is 0.252 e. The van der Waals surface area contributed by atoms with Crippen LogP contribution >= 0.6 is 0 Å². The van der Waals surface area contributed by atoms with Crippen LogP contribution in [-0.2, 0) is 16.1 Å². The van der Waals surface area contributed by atoms with Crippen LogP contribution in [0, 0.1) is 0 Å². The molecule has 3 rings (SSSR count). The van der Waals surface area contributed by atoms with Gasteiger partial charge in [0.05, 0.1) is 13.2 Å². The number of carbonyl (C=O) groups excluding carboxylic acids is 1. The predicted octanol–water partition coefficient (Wildman–Crippen LogP) is 4.39. The number of nitrogens with zero attached hydrogens (tertiary/aromatic N) is 4. The molecule has 182 valence electrons. The predicted molar refractivity (Wildman–Crippen MR) is 134 cm³/mol. The summed E-state index contributed by atoms with van der Waals surface area (Å²) in [5, 5.41) is 15.5. The maximum absolute atomic E-state index is 13.5. The van der Waals surface area contributed by atoms with Crippen molar-refractivity contribution in [3.8, 4) is 5.75 Å². The smallest absolute Gasteiger partial charge is 0.252 e. The zero-order chi connectivity index (χ0) is 25.1. The van der Waals surface area contributed by atoms with E-state index in [2.05, 4.69) is 28.5 Å². The topological polar surface area (TPSA) is 129 Å². The van der Waals surface area contributed by atoms with Crippen molar-refractivity contribution in [1.82, 2.24) is 5.32 Å². The second-order valence-electron chi connectivity index (χ2n) is 7.87. The van der Waals surface area contributed by atoms with Gasteiger partial charge >= 0.3 is 0 Å². The highest BCUT2D eigenvalue weighted by Crippen LogP contribution is 2.44. The summed E-state index contributed by atoms with van der Waals surface area (Å²) < 4.78 is 12.0. The van der Waals surface area contributed by atoms with E-state index in [-0.39, 0.29) is 32.0 Å². The summed E-state index contributed by atoms with van der Waals surface area (Å²) in [5.74, 6) is 0.643. The van der Waals surface area contributed by atoms with Crippen LogP contribution < -0.4 is 10.1 Å². The Kier molecular flexibility index (Phi) is 9.06. The van der Waals surface area contributed by atoms with Crippen LogP contribution in [0.5, 0.6) is 5.75 Å². The molecule has 2 atom stereocenters. The molecule has 1 heterocycles. The van der Waals surface area contributed by atoms with Gasteiger partial charge in [0.1, 0.15) is 5.75 Å². The first-order valence-corrected chi connectivity index (χ1v) is 11.3. The molecule has 9 nitrogen and oxygen atoms in total. The van der Waals surface area contributed by atoms with Crippen LogP contribution in [0.1, 0.15) is 35.6 Å². The molecule has 0 saturated heterocycles. The molecule has 1 amide bonds. The molecule has 0 aromatic heterocycles. The molecule has 0 aliphatic carbocycles. The average Bonchev–Trinajstić information content (AvgIpc) is 3.27. The van der Waals surface area contributed by atoms with E-state index in [0.717, 1.165) is 5.56 Å². The number of rotatable bonds is 13. The SMILES string of the molecule is C=CCNC(=O)[C@]1(CC=C)N=C(c2ccc(OCCCO)cc2)O[C@@H]1c1ccccc1CN=[N+]=[N-]. The molecule has 1 aliphatic rings. The van der Waals surface area contributed by atoms with Gasteiger partial charge in [-0.3, -0.25) is 4.79 Å². The van der Waals surface area contributed by atoms with E-state index in [9.17, 15) is 4.79 Å². The first kappa shape index (κ1) is 25.6. The minimum absolute atomic E-state index is 0.0601. The van der Waals surface area contributed by atoms with Crippen LogP contribution in [0.15, 0.2) is 83.9 Å². The first-order valence-electron chi connectivity index (χ1n) is 11.3. The van der Waals surface area contributed by atoms with Gasteiger partial charge in [0, 0.05) is 36.5 Å². The molecule has 0 unspecified atom stereocenters. The van der Waals surface area contributed by atoms with Crippen molar-refractivity contribution in [2.45, 2.75) is 31.0 Å². The van der Waals surface area contributed by atoms with E-state index in [4.69, 9.17) is 25.1 Å². The third-order valence-corrected chi connectivity index (χ3v) is 5.53. The number of benzene rings is 2. The Morgan fingerprint density at radius 3 is 2.71 bits per heavy atom. The Labute approximate surface area is 204 Å². The first-order chi connectivity index (χ1) is 17.1. The number of azide groups is 1. The van der Waals surface area contributed by atoms with Gasteiger partial charge in [-0.1, -0.05) is 41.5 Å². The zero-order valence-electron chi connectivity index (χ0n) is 19.5. The van der Waals surface area contributed by atoms with E-state index in [1.807, 2.05) is 36.4 Å². The molecule has 2 aromatic carbocycles. The van der Waals surface area contributed by atoms with E-state index < -0.39 is 11.6 Å². The van der Waals surface area contributed by atoms with Gasteiger partial charge in [-0.2, -0.15) is 0 Å². The second-order valence-corrected chi connectivity index (χ2v) is 7.87. The summed E-state index contributed by atoms with van der Waals surface area (Å²) in [6, 6.07) is 14.6. The normalized spacial score (nSPS) is 18.5. The fourth-order valence-corrected chi connectivity index (χ4v) is 3.87. The van der Waals surface area contributed by atoms with Crippen LogP contribution in [0.3, 0.4) is 0 Å². The summed E-state index contributed by atoms with van der Waals surface area (Å²) in [6.45, 7) is 8.38. The number of ether oxygens (including phenoxy) is 2. The molecule has 0 bridgehead atoms. The summed E-state index contributed by atoms with van der Waals surface area (Å²) in [4.78, 5) is 21.2. The summed E-state index contributed by atoms with van der Waals surface area (Å²) in [6.07, 6.45) is 3.23. The van der Waals surface area contributed by atoms with Crippen molar-refractivity contribution in [2.75, 3.05) is 19.8 Å². The summed E-state index contributed by atoms with van der Waals surface area (Å²) in [5.41, 5.74) is 9.64. The Balaban J connectivity index is 2.04. The van der Waals surface area contributed by atoms with Crippen LogP contribution in [0.4, 0.5) is 0 Å². The van der Waals surface area contributed by atoms with Gasteiger partial charge in [-0.05, 0) is 40.9 Å². The second kappa shape index (κ2) is 12.4. The van der Waals surface area contributed by atoms with Gasteiger partial charge in [-0.15, -0.1) is 13.2 Å². The highest BCUT2D eigenvalue weighted by Gasteiger charge is 2.52. The Morgan fingerprint density at radius 1 is 1.26 bits per heavy atom. The van der Waals surface area contributed by atoms with Gasteiger partial charge in [0.25, 0.3) is 5.91 Å². The van der Waals surface area contributed by atoms with Gasteiger partial charge in [-0.25, -0.2) is 4.99 Å². The maximum atomic E-state index is 13.5. The molecule has 1 aliphatic heterocycles. The third kappa shape index (κ3) is 5.90. The minimum atomic E-state index is -1.32. The lowest BCUT2D eigenvalue weighted by Gasteiger charge is -2.30. The van der Waals surface area contributed by atoms with Crippen LogP contribution in [0.2, 0.25) is 0 Å². The molecule has 35 heavy (non-hydrogen) atoms. The zero-order valence-corrected chi connectivity index (χ0v) is 19.5. The lowest BCUT2D eigenvalue weighted by Crippen LogP contribution is -2.48. The van der Waals surface area contributed by atoms with E-state index in [0.29, 0.717) is 35.8 Å². The third-order valence-electron chi connectivity index (χ3n) is 5.53. The lowest BCUT2D eigenvalue weighted by atomic mass is 9.82. The Hall–Kier alpha value is -4.07. The Morgan fingerprint density at radius 2 is 2.03 bits per heavy atom. The number of aliphatic hydroxyl groups is 1. The number of amides is 1. The van der Waals surface area contributed by atoms with Gasteiger partial charge in [0.2, 0.25) is 5.90 Å². The Bertz CT molecular complexity index is 1120. The number of hydrogen-bond acceptors (Lipinski definition) is 6. The highest BCUT2D eigenvalue weighted by molar-refractivity contribution is 6.01. The average molecular weight is 476 g/mol.